The summed E-state index contributed by atoms with van der Waals surface area (Å²) in [6.45, 7) is 3.40. The van der Waals surface area contributed by atoms with Crippen LogP contribution in [0.25, 0.3) is 0 Å². The van der Waals surface area contributed by atoms with Crippen molar-refractivity contribution < 1.29 is 17.9 Å². The molecule has 6 nitrogen and oxygen atoms in total. The van der Waals surface area contributed by atoms with Crippen LogP contribution in [0.3, 0.4) is 0 Å². The number of sulfonamides is 1. The summed E-state index contributed by atoms with van der Waals surface area (Å²) in [5.74, 6) is -0.0992. The summed E-state index contributed by atoms with van der Waals surface area (Å²) >= 11 is 5.96. The Kier molecular flexibility index (Phi) is 6.05. The Bertz CT molecular complexity index is 867. The van der Waals surface area contributed by atoms with Crippen LogP contribution in [0.1, 0.15) is 12.5 Å². The average Bonchev–Trinajstić information content (AvgIpc) is 2.56. The summed E-state index contributed by atoms with van der Waals surface area (Å²) in [5.41, 5.74) is 1.65. The van der Waals surface area contributed by atoms with Crippen LogP contribution < -0.4 is 14.8 Å². The van der Waals surface area contributed by atoms with Crippen molar-refractivity contribution in [1.29, 1.82) is 0 Å². The quantitative estimate of drug-likeness (QED) is 0.804. The Hall–Kier alpha value is -2.09. The largest absolute Gasteiger partial charge is 0.495 e. The van der Waals surface area contributed by atoms with E-state index in [1.807, 2.05) is 19.1 Å². The number of hydrogen-bond acceptors (Lipinski definition) is 4. The van der Waals surface area contributed by atoms with Crippen LogP contribution in [0.15, 0.2) is 47.4 Å². The van der Waals surface area contributed by atoms with Crippen molar-refractivity contribution in [2.45, 2.75) is 24.8 Å². The Morgan fingerprint density at radius 1 is 1.16 bits per heavy atom. The molecular formula is C17H19ClN2O4S. The molecule has 8 heteroatoms. The van der Waals surface area contributed by atoms with Gasteiger partial charge in [0.1, 0.15) is 5.75 Å². The Morgan fingerprint density at radius 3 is 2.36 bits per heavy atom. The van der Waals surface area contributed by atoms with Crippen LogP contribution in [-0.2, 0) is 14.8 Å². The van der Waals surface area contributed by atoms with E-state index in [1.165, 1.54) is 32.2 Å². The van der Waals surface area contributed by atoms with Crippen molar-refractivity contribution in [2.24, 2.45) is 0 Å². The summed E-state index contributed by atoms with van der Waals surface area (Å²) in [6.07, 6.45) is 0. The van der Waals surface area contributed by atoms with Gasteiger partial charge in [0.15, 0.2) is 0 Å². The van der Waals surface area contributed by atoms with Crippen LogP contribution in [0, 0.1) is 6.92 Å². The van der Waals surface area contributed by atoms with E-state index in [0.29, 0.717) is 11.4 Å². The van der Waals surface area contributed by atoms with E-state index >= 15 is 0 Å². The van der Waals surface area contributed by atoms with Gasteiger partial charge in [-0.25, -0.2) is 8.42 Å². The van der Waals surface area contributed by atoms with Crippen LogP contribution in [-0.4, -0.2) is 27.5 Å². The topological polar surface area (TPSA) is 84.5 Å². The lowest BCUT2D eigenvalue weighted by Crippen LogP contribution is -2.41. The maximum Gasteiger partial charge on any atom is 0.242 e. The monoisotopic (exact) mass is 382 g/mol. The van der Waals surface area contributed by atoms with Gasteiger partial charge < -0.3 is 10.1 Å². The zero-order chi connectivity index (χ0) is 18.6. The number of carbonyl (C=O) groups excluding carboxylic acids is 1. The van der Waals surface area contributed by atoms with E-state index in [9.17, 15) is 13.2 Å². The van der Waals surface area contributed by atoms with Gasteiger partial charge in [0.25, 0.3) is 0 Å². The third-order valence-corrected chi connectivity index (χ3v) is 5.31. The van der Waals surface area contributed by atoms with Gasteiger partial charge in [-0.2, -0.15) is 4.72 Å². The third-order valence-electron chi connectivity index (χ3n) is 3.48. The van der Waals surface area contributed by atoms with Crippen molar-refractivity contribution in [2.75, 3.05) is 12.4 Å². The first-order chi connectivity index (χ1) is 11.7. The molecule has 2 aromatic carbocycles. The smallest absolute Gasteiger partial charge is 0.242 e. The highest BCUT2D eigenvalue weighted by molar-refractivity contribution is 7.89. The molecule has 0 fully saturated rings. The lowest BCUT2D eigenvalue weighted by atomic mass is 10.2. The molecule has 1 amide bonds. The first-order valence-electron chi connectivity index (χ1n) is 7.46. The van der Waals surface area contributed by atoms with E-state index in [1.54, 1.807) is 12.1 Å². The highest BCUT2D eigenvalue weighted by atomic mass is 35.5. The number of methoxy groups -OCH3 is 1. The van der Waals surface area contributed by atoms with Crippen LogP contribution in [0.5, 0.6) is 5.75 Å². The van der Waals surface area contributed by atoms with E-state index < -0.39 is 22.0 Å². The Balaban J connectivity index is 2.09. The van der Waals surface area contributed by atoms with E-state index in [4.69, 9.17) is 16.3 Å². The molecule has 0 bridgehead atoms. The molecule has 0 aromatic heterocycles. The number of nitrogens with one attached hydrogen (secondary N) is 2. The van der Waals surface area contributed by atoms with Gasteiger partial charge >= 0.3 is 0 Å². The van der Waals surface area contributed by atoms with Gasteiger partial charge in [0.2, 0.25) is 15.9 Å². The second kappa shape index (κ2) is 7.86. The number of carbonyl (C=O) groups is 1. The summed E-state index contributed by atoms with van der Waals surface area (Å²) in [7, 11) is -2.47. The van der Waals surface area contributed by atoms with Crippen molar-refractivity contribution in [3.63, 3.8) is 0 Å². The maximum atomic E-state index is 12.4. The molecule has 0 spiro atoms. The van der Waals surface area contributed by atoms with Crippen molar-refractivity contribution in [3.8, 4) is 5.75 Å². The number of benzene rings is 2. The highest BCUT2D eigenvalue weighted by Crippen LogP contribution is 2.26. The standard InChI is InChI=1S/C17H19ClN2O4S/c1-11-4-6-13(7-5-11)19-17(21)12(2)20-25(22,23)14-8-9-16(24-3)15(18)10-14/h4-10,12,20H,1-3H3,(H,19,21). The number of ether oxygens (including phenoxy) is 1. The van der Waals surface area contributed by atoms with Gasteiger partial charge in [-0.15, -0.1) is 0 Å². The number of hydrogen-bond donors (Lipinski definition) is 2. The first-order valence-corrected chi connectivity index (χ1v) is 9.32. The number of anilines is 1. The molecule has 2 aromatic rings. The van der Waals surface area contributed by atoms with E-state index in [2.05, 4.69) is 10.0 Å². The minimum Gasteiger partial charge on any atom is -0.495 e. The van der Waals surface area contributed by atoms with Crippen LogP contribution in [0.2, 0.25) is 5.02 Å². The van der Waals surface area contributed by atoms with Crippen molar-refractivity contribution in [3.05, 3.63) is 53.1 Å². The molecule has 0 aliphatic rings. The number of aryl methyl sites for hydroxylation is 1. The zero-order valence-electron chi connectivity index (χ0n) is 14.0. The predicted molar refractivity (Wildman–Crippen MR) is 97.6 cm³/mol. The molecular weight excluding hydrogens is 364 g/mol. The van der Waals surface area contributed by atoms with Gasteiger partial charge in [0, 0.05) is 5.69 Å². The normalized spacial score (nSPS) is 12.5. The van der Waals surface area contributed by atoms with Crippen molar-refractivity contribution >= 4 is 33.2 Å². The molecule has 0 aliphatic carbocycles. The fourth-order valence-electron chi connectivity index (χ4n) is 2.06. The summed E-state index contributed by atoms with van der Waals surface area (Å²) in [6, 6.07) is 10.3. The fraction of sp³-hybridized carbons (Fsp3) is 0.235. The lowest BCUT2D eigenvalue weighted by molar-refractivity contribution is -0.117. The first kappa shape index (κ1) is 19.2. The molecule has 0 saturated heterocycles. The third kappa shape index (κ3) is 4.94. The number of rotatable bonds is 6. The number of halogens is 1. The lowest BCUT2D eigenvalue weighted by Gasteiger charge is -2.15. The van der Waals surface area contributed by atoms with E-state index in [-0.39, 0.29) is 9.92 Å². The molecule has 1 unspecified atom stereocenters. The Morgan fingerprint density at radius 2 is 1.80 bits per heavy atom. The van der Waals surface area contributed by atoms with Crippen molar-refractivity contribution in [1.82, 2.24) is 4.72 Å². The molecule has 1 atom stereocenters. The Labute approximate surface area is 152 Å². The van der Waals surface area contributed by atoms with Gasteiger partial charge in [-0.05, 0) is 44.2 Å². The summed E-state index contributed by atoms with van der Waals surface area (Å²) < 4.78 is 32.1. The molecule has 0 radical (unpaired) electrons. The van der Waals surface area contributed by atoms with Crippen LogP contribution >= 0.6 is 11.6 Å². The minimum atomic E-state index is -3.90. The predicted octanol–water partition coefficient (Wildman–Crippen LogP) is 2.96. The molecule has 134 valence electrons. The second-order valence-electron chi connectivity index (χ2n) is 5.49. The molecule has 25 heavy (non-hydrogen) atoms. The fourth-order valence-corrected chi connectivity index (χ4v) is 3.61. The number of amides is 1. The minimum absolute atomic E-state index is 0.0479. The molecule has 0 saturated carbocycles. The summed E-state index contributed by atoms with van der Waals surface area (Å²) in [4.78, 5) is 12.1. The van der Waals surface area contributed by atoms with Crippen LogP contribution in [0.4, 0.5) is 5.69 Å². The maximum absolute atomic E-state index is 12.4. The zero-order valence-corrected chi connectivity index (χ0v) is 15.6. The van der Waals surface area contributed by atoms with Gasteiger partial charge in [-0.1, -0.05) is 29.3 Å². The molecule has 0 heterocycles. The summed E-state index contributed by atoms with van der Waals surface area (Å²) in [5, 5.41) is 2.83. The average molecular weight is 383 g/mol. The van der Waals surface area contributed by atoms with Gasteiger partial charge in [0.05, 0.1) is 23.1 Å². The highest BCUT2D eigenvalue weighted by Gasteiger charge is 2.23. The molecule has 0 aliphatic heterocycles. The second-order valence-corrected chi connectivity index (χ2v) is 7.62. The SMILES string of the molecule is COc1ccc(S(=O)(=O)NC(C)C(=O)Nc2ccc(C)cc2)cc1Cl. The van der Waals surface area contributed by atoms with E-state index in [0.717, 1.165) is 5.56 Å². The molecule has 2 rings (SSSR count). The molecule has 2 N–H and O–H groups in total. The van der Waals surface area contributed by atoms with Gasteiger partial charge in [-0.3, -0.25) is 4.79 Å².